The number of nitrogens with two attached hydrogens (primary N) is 2. The van der Waals surface area contributed by atoms with Crippen LogP contribution in [0.25, 0.3) is 15.6 Å². The van der Waals surface area contributed by atoms with Gasteiger partial charge in [0.1, 0.15) is 0 Å². The minimum absolute atomic E-state index is 0.549. The molecule has 0 spiro atoms. The Bertz CT molecular complexity index is 538. The number of hydrogen-bond donors (Lipinski definition) is 2. The smallest absolute Gasteiger partial charge is 0.194 e. The predicted molar refractivity (Wildman–Crippen MR) is 59.0 cm³/mol. The summed E-state index contributed by atoms with van der Waals surface area (Å²) in [6, 6.07) is 9.01. The van der Waals surface area contributed by atoms with Crippen LogP contribution in [0.15, 0.2) is 30.3 Å². The molecular weight excluding hydrogens is 174 g/mol. The average molecular weight is 183 g/mol. The average Bonchev–Trinajstić information content (AvgIpc) is 2.23. The van der Waals surface area contributed by atoms with Crippen molar-refractivity contribution in [1.82, 2.24) is 0 Å². The molecule has 0 fully saturated rings. The molecule has 2 aromatic rings. The number of hydrogen-bond acceptors (Lipinski definition) is 2. The highest BCUT2D eigenvalue weighted by Crippen LogP contribution is 2.32. The topological polar surface area (TPSA) is 56.4 Å². The fourth-order valence-corrected chi connectivity index (χ4v) is 1.48. The van der Waals surface area contributed by atoms with Crippen molar-refractivity contribution in [2.24, 2.45) is 0 Å². The summed E-state index contributed by atoms with van der Waals surface area (Å²) in [7, 11) is 0. The van der Waals surface area contributed by atoms with Gasteiger partial charge in [-0.1, -0.05) is 24.3 Å². The van der Waals surface area contributed by atoms with Crippen molar-refractivity contribution in [1.29, 1.82) is 0 Å². The van der Waals surface area contributed by atoms with Gasteiger partial charge in [0.2, 0.25) is 0 Å². The zero-order valence-electron chi connectivity index (χ0n) is 7.49. The minimum Gasteiger partial charge on any atom is -0.397 e. The largest absolute Gasteiger partial charge is 0.397 e. The van der Waals surface area contributed by atoms with Gasteiger partial charge in [0, 0.05) is 0 Å². The molecule has 0 aromatic heterocycles. The van der Waals surface area contributed by atoms with E-state index in [1.807, 2.05) is 18.2 Å². The molecule has 0 unspecified atom stereocenters. The lowest BCUT2D eigenvalue weighted by molar-refractivity contribution is 1.71. The molecule has 68 valence electrons. The first-order chi connectivity index (χ1) is 6.74. The van der Waals surface area contributed by atoms with E-state index >= 15 is 0 Å². The van der Waals surface area contributed by atoms with E-state index in [9.17, 15) is 0 Å². The van der Waals surface area contributed by atoms with Crippen molar-refractivity contribution in [2.45, 2.75) is 0 Å². The van der Waals surface area contributed by atoms with Gasteiger partial charge in [-0.3, -0.25) is 0 Å². The molecule has 4 N–H and O–H groups in total. The summed E-state index contributed by atoms with van der Waals surface area (Å²) < 4.78 is 0. The van der Waals surface area contributed by atoms with Crippen LogP contribution in [-0.2, 0) is 0 Å². The van der Waals surface area contributed by atoms with E-state index in [1.165, 1.54) is 0 Å². The van der Waals surface area contributed by atoms with E-state index in [2.05, 4.69) is 4.85 Å². The van der Waals surface area contributed by atoms with Gasteiger partial charge in [-0.05, 0) is 16.8 Å². The maximum Gasteiger partial charge on any atom is 0.194 e. The molecule has 0 heterocycles. The zero-order chi connectivity index (χ0) is 10.1. The van der Waals surface area contributed by atoms with Crippen molar-refractivity contribution in [3.05, 3.63) is 41.7 Å². The molecule has 0 atom stereocenters. The monoisotopic (exact) mass is 183 g/mol. The van der Waals surface area contributed by atoms with Crippen molar-refractivity contribution in [3.63, 3.8) is 0 Å². The maximum absolute atomic E-state index is 7.00. The lowest BCUT2D eigenvalue weighted by Gasteiger charge is -2.05. The van der Waals surface area contributed by atoms with Crippen LogP contribution in [0.1, 0.15) is 0 Å². The predicted octanol–water partition coefficient (Wildman–Crippen LogP) is 2.55. The molecule has 3 nitrogen and oxygen atoms in total. The summed E-state index contributed by atoms with van der Waals surface area (Å²) >= 11 is 0. The van der Waals surface area contributed by atoms with Crippen LogP contribution in [0.2, 0.25) is 0 Å². The van der Waals surface area contributed by atoms with Crippen LogP contribution >= 0.6 is 0 Å². The Morgan fingerprint density at radius 1 is 1.00 bits per heavy atom. The second kappa shape index (κ2) is 2.93. The first kappa shape index (κ1) is 8.39. The standard InChI is InChI=1S/C11H9N3/c1-14-10-4-2-3-8-7(10)5-6-9(12)11(8)13/h2-6H,12-13H2. The number of nitrogen functional groups attached to an aromatic ring is 2. The van der Waals surface area contributed by atoms with Gasteiger partial charge in [0.05, 0.1) is 17.9 Å². The SMILES string of the molecule is [C-]#[N+]c1cccc2c(N)c(N)ccc12. The third kappa shape index (κ3) is 1.05. The van der Waals surface area contributed by atoms with Gasteiger partial charge in [-0.2, -0.15) is 0 Å². The van der Waals surface area contributed by atoms with Crippen molar-refractivity contribution < 1.29 is 0 Å². The fourth-order valence-electron chi connectivity index (χ4n) is 1.48. The second-order valence-corrected chi connectivity index (χ2v) is 3.05. The normalized spacial score (nSPS) is 9.93. The van der Waals surface area contributed by atoms with Gasteiger partial charge in [0.15, 0.2) is 5.69 Å². The number of fused-ring (bicyclic) bond motifs is 1. The molecule has 3 heteroatoms. The fraction of sp³-hybridized carbons (Fsp3) is 0. The molecule has 0 aliphatic carbocycles. The summed E-state index contributed by atoms with van der Waals surface area (Å²) in [6.07, 6.45) is 0. The van der Waals surface area contributed by atoms with Crippen LogP contribution in [0.4, 0.5) is 17.1 Å². The number of nitrogens with zero attached hydrogens (tertiary/aromatic N) is 1. The molecule has 2 rings (SSSR count). The quantitative estimate of drug-likeness (QED) is 0.487. The molecule has 0 aliphatic heterocycles. The van der Waals surface area contributed by atoms with Crippen LogP contribution < -0.4 is 11.5 Å². The van der Waals surface area contributed by atoms with Crippen LogP contribution in [0, 0.1) is 6.57 Å². The Balaban J connectivity index is 2.95. The molecule has 2 aromatic carbocycles. The molecule has 0 bridgehead atoms. The van der Waals surface area contributed by atoms with E-state index in [0.717, 1.165) is 10.8 Å². The molecule has 0 saturated carbocycles. The van der Waals surface area contributed by atoms with Gasteiger partial charge < -0.3 is 11.5 Å². The number of benzene rings is 2. The summed E-state index contributed by atoms with van der Waals surface area (Å²) in [5.41, 5.74) is 13.2. The van der Waals surface area contributed by atoms with Crippen LogP contribution in [0.5, 0.6) is 0 Å². The zero-order valence-corrected chi connectivity index (χ0v) is 7.49. The number of rotatable bonds is 0. The van der Waals surface area contributed by atoms with Gasteiger partial charge in [-0.15, -0.1) is 0 Å². The van der Waals surface area contributed by atoms with E-state index in [0.29, 0.717) is 17.1 Å². The maximum atomic E-state index is 7.00. The Morgan fingerprint density at radius 2 is 1.79 bits per heavy atom. The third-order valence-corrected chi connectivity index (χ3v) is 2.23. The van der Waals surface area contributed by atoms with E-state index < -0.39 is 0 Å². The Labute approximate surface area is 81.8 Å². The van der Waals surface area contributed by atoms with E-state index in [-0.39, 0.29) is 0 Å². The van der Waals surface area contributed by atoms with Crippen LogP contribution in [-0.4, -0.2) is 0 Å². The Hall–Kier alpha value is -2.21. The van der Waals surface area contributed by atoms with E-state index in [4.69, 9.17) is 18.0 Å². The van der Waals surface area contributed by atoms with Gasteiger partial charge in [0.25, 0.3) is 0 Å². The highest BCUT2D eigenvalue weighted by atomic mass is 14.7. The molecule has 0 aliphatic rings. The highest BCUT2D eigenvalue weighted by Gasteiger charge is 2.04. The lowest BCUT2D eigenvalue weighted by Crippen LogP contribution is -1.94. The van der Waals surface area contributed by atoms with Gasteiger partial charge >= 0.3 is 0 Å². The first-order valence-electron chi connectivity index (χ1n) is 4.18. The Morgan fingerprint density at radius 3 is 2.50 bits per heavy atom. The second-order valence-electron chi connectivity index (χ2n) is 3.05. The third-order valence-electron chi connectivity index (χ3n) is 2.23. The molecule has 0 saturated heterocycles. The summed E-state index contributed by atoms with van der Waals surface area (Å²) in [4.78, 5) is 3.42. The Kier molecular flexibility index (Phi) is 1.76. The van der Waals surface area contributed by atoms with Crippen molar-refractivity contribution in [3.8, 4) is 0 Å². The molecular formula is C11H9N3. The van der Waals surface area contributed by atoms with Crippen LogP contribution in [0.3, 0.4) is 0 Å². The van der Waals surface area contributed by atoms with E-state index in [1.54, 1.807) is 12.1 Å². The molecule has 14 heavy (non-hydrogen) atoms. The summed E-state index contributed by atoms with van der Waals surface area (Å²) in [5.74, 6) is 0. The summed E-state index contributed by atoms with van der Waals surface area (Å²) in [5, 5.41) is 1.70. The lowest BCUT2D eigenvalue weighted by atomic mass is 10.1. The minimum atomic E-state index is 0.549. The van der Waals surface area contributed by atoms with Crippen molar-refractivity contribution >= 4 is 27.8 Å². The summed E-state index contributed by atoms with van der Waals surface area (Å²) in [6.45, 7) is 7.00. The number of anilines is 2. The molecule has 0 radical (unpaired) electrons. The first-order valence-corrected chi connectivity index (χ1v) is 4.18. The van der Waals surface area contributed by atoms with Crippen molar-refractivity contribution in [2.75, 3.05) is 11.5 Å². The molecule has 0 amide bonds. The highest BCUT2D eigenvalue weighted by molar-refractivity contribution is 6.04. The van der Waals surface area contributed by atoms with Gasteiger partial charge in [-0.25, -0.2) is 4.85 Å².